The van der Waals surface area contributed by atoms with Crippen molar-refractivity contribution in [1.82, 2.24) is 0 Å². The van der Waals surface area contributed by atoms with Crippen LogP contribution in [-0.4, -0.2) is 30.2 Å². The van der Waals surface area contributed by atoms with Gasteiger partial charge in [-0.2, -0.15) is 5.26 Å². The van der Waals surface area contributed by atoms with Gasteiger partial charge >= 0.3 is 5.69 Å². The number of benzene rings is 2. The number of amides is 1. The van der Waals surface area contributed by atoms with Gasteiger partial charge in [0.2, 0.25) is 5.75 Å². The van der Waals surface area contributed by atoms with E-state index >= 15 is 0 Å². The van der Waals surface area contributed by atoms with Crippen LogP contribution in [-0.2, 0) is 4.79 Å². The summed E-state index contributed by atoms with van der Waals surface area (Å²) in [7, 11) is 2.74. The minimum Gasteiger partial charge on any atom is -0.500 e. The molecule has 27 heavy (non-hydrogen) atoms. The lowest BCUT2D eigenvalue weighted by atomic mass is 10.1. The van der Waals surface area contributed by atoms with Crippen molar-refractivity contribution >= 4 is 23.4 Å². The maximum atomic E-state index is 12.3. The summed E-state index contributed by atoms with van der Waals surface area (Å²) < 4.78 is 9.91. The number of nitrogens with zero attached hydrogens (tertiary/aromatic N) is 2. The molecular weight excluding hydrogens is 354 g/mol. The quantitative estimate of drug-likeness (QED) is 0.346. The summed E-state index contributed by atoms with van der Waals surface area (Å²) >= 11 is 0. The second-order valence-corrected chi connectivity index (χ2v) is 5.20. The summed E-state index contributed by atoms with van der Waals surface area (Å²) in [6.07, 6.45) is 1.16. The first-order chi connectivity index (χ1) is 12.9. The van der Waals surface area contributed by atoms with Crippen LogP contribution < -0.4 is 14.8 Å². The minimum absolute atomic E-state index is 0.150. The third-order valence-electron chi connectivity index (χ3n) is 3.52. The van der Waals surface area contributed by atoms with Crippen LogP contribution >= 0.6 is 0 Å². The van der Waals surface area contributed by atoms with Crippen LogP contribution in [0.3, 0.4) is 0 Å². The first-order valence-corrected chi connectivity index (χ1v) is 7.52. The van der Waals surface area contributed by atoms with Crippen molar-refractivity contribution in [3.63, 3.8) is 0 Å². The first-order valence-electron chi connectivity index (χ1n) is 7.52. The third-order valence-corrected chi connectivity index (χ3v) is 3.52. The van der Waals surface area contributed by atoms with Crippen LogP contribution in [0.25, 0.3) is 6.08 Å². The standard InChI is InChI=1S/C18H15N3O6/c1-26-14-5-3-13(4-6-14)20-18(23)12(10-19)7-11-8-15(21(24)25)17(22)16(9-11)27-2/h3-9,22H,1-2H3,(H,20,23)/b12-7+. The van der Waals surface area contributed by atoms with Crippen molar-refractivity contribution in [2.24, 2.45) is 0 Å². The van der Waals surface area contributed by atoms with Crippen LogP contribution in [0.15, 0.2) is 42.0 Å². The van der Waals surface area contributed by atoms with Crippen LogP contribution in [0, 0.1) is 21.4 Å². The molecule has 0 aromatic heterocycles. The molecule has 0 saturated carbocycles. The molecule has 0 radical (unpaired) electrons. The third kappa shape index (κ3) is 4.52. The Morgan fingerprint density at radius 1 is 1.26 bits per heavy atom. The monoisotopic (exact) mass is 369 g/mol. The fraction of sp³-hybridized carbons (Fsp3) is 0.111. The summed E-state index contributed by atoms with van der Waals surface area (Å²) in [5.41, 5.74) is -0.296. The maximum absolute atomic E-state index is 12.3. The molecule has 1 amide bonds. The van der Waals surface area contributed by atoms with Crippen molar-refractivity contribution in [2.75, 3.05) is 19.5 Å². The number of methoxy groups -OCH3 is 2. The number of nitriles is 1. The number of anilines is 1. The number of phenolic OH excluding ortho intramolecular Hbond substituents is 1. The van der Waals surface area contributed by atoms with Crippen LogP contribution in [0.2, 0.25) is 0 Å². The predicted molar refractivity (Wildman–Crippen MR) is 96.5 cm³/mol. The number of carbonyl (C=O) groups is 1. The van der Waals surface area contributed by atoms with Crippen molar-refractivity contribution in [3.05, 3.63) is 57.6 Å². The molecule has 2 aromatic carbocycles. The number of hydrogen-bond donors (Lipinski definition) is 2. The second-order valence-electron chi connectivity index (χ2n) is 5.20. The molecule has 2 N–H and O–H groups in total. The first kappa shape index (κ1) is 19.3. The van der Waals surface area contributed by atoms with Gasteiger partial charge in [0.1, 0.15) is 17.4 Å². The van der Waals surface area contributed by atoms with Gasteiger partial charge in [0, 0.05) is 11.8 Å². The molecule has 9 nitrogen and oxygen atoms in total. The number of rotatable bonds is 6. The van der Waals surface area contributed by atoms with Crippen molar-refractivity contribution in [2.45, 2.75) is 0 Å². The molecule has 0 aliphatic heterocycles. The van der Waals surface area contributed by atoms with Crippen LogP contribution in [0.5, 0.6) is 17.2 Å². The summed E-state index contributed by atoms with van der Waals surface area (Å²) in [5.74, 6) is -0.881. The van der Waals surface area contributed by atoms with Gasteiger partial charge in [-0.25, -0.2) is 0 Å². The van der Waals surface area contributed by atoms with E-state index in [-0.39, 0.29) is 16.9 Å². The topological polar surface area (TPSA) is 135 Å². The average Bonchev–Trinajstić information content (AvgIpc) is 2.67. The summed E-state index contributed by atoms with van der Waals surface area (Å²) in [4.78, 5) is 22.5. The zero-order valence-electron chi connectivity index (χ0n) is 14.4. The fourth-order valence-corrected chi connectivity index (χ4v) is 2.18. The van der Waals surface area contributed by atoms with Gasteiger partial charge in [-0.1, -0.05) is 0 Å². The molecule has 0 unspecified atom stereocenters. The summed E-state index contributed by atoms with van der Waals surface area (Å²) in [6, 6.07) is 10.5. The highest BCUT2D eigenvalue weighted by Gasteiger charge is 2.20. The van der Waals surface area contributed by atoms with E-state index in [1.165, 1.54) is 20.3 Å². The number of nitrogens with one attached hydrogen (secondary N) is 1. The SMILES string of the molecule is COc1ccc(NC(=O)/C(C#N)=C/c2cc(OC)c(O)c([N+](=O)[O-])c2)cc1. The summed E-state index contributed by atoms with van der Waals surface area (Å²) in [5, 5.41) is 32.6. The van der Waals surface area contributed by atoms with Crippen LogP contribution in [0.1, 0.15) is 5.56 Å². The van der Waals surface area contributed by atoms with E-state index in [4.69, 9.17) is 9.47 Å². The Morgan fingerprint density at radius 2 is 1.93 bits per heavy atom. The maximum Gasteiger partial charge on any atom is 0.315 e. The fourth-order valence-electron chi connectivity index (χ4n) is 2.18. The van der Waals surface area contributed by atoms with Crippen molar-refractivity contribution in [1.29, 1.82) is 5.26 Å². The second kappa shape index (κ2) is 8.35. The highest BCUT2D eigenvalue weighted by atomic mass is 16.6. The lowest BCUT2D eigenvalue weighted by Gasteiger charge is -2.07. The minimum atomic E-state index is -0.793. The van der Waals surface area contributed by atoms with Gasteiger partial charge in [0.25, 0.3) is 5.91 Å². The molecule has 0 spiro atoms. The number of hydrogen-bond acceptors (Lipinski definition) is 7. The lowest BCUT2D eigenvalue weighted by molar-refractivity contribution is -0.386. The molecule has 2 rings (SSSR count). The number of aromatic hydroxyl groups is 1. The Balaban J connectivity index is 2.34. The normalized spacial score (nSPS) is 10.6. The van der Waals surface area contributed by atoms with E-state index in [2.05, 4.69) is 5.32 Å². The largest absolute Gasteiger partial charge is 0.500 e. The Kier molecular flexibility index (Phi) is 5.96. The number of phenols is 1. The van der Waals surface area contributed by atoms with Gasteiger partial charge < -0.3 is 19.9 Å². The molecule has 9 heteroatoms. The van der Waals surface area contributed by atoms with Gasteiger partial charge in [-0.15, -0.1) is 0 Å². The number of ether oxygens (including phenoxy) is 2. The van der Waals surface area contributed by atoms with Crippen LogP contribution in [0.4, 0.5) is 11.4 Å². The zero-order chi connectivity index (χ0) is 20.0. The number of nitro groups is 1. The molecule has 0 atom stereocenters. The molecule has 0 aliphatic carbocycles. The Hall–Kier alpha value is -4.06. The smallest absolute Gasteiger partial charge is 0.315 e. The van der Waals surface area contributed by atoms with E-state index in [1.54, 1.807) is 30.3 Å². The molecular formula is C18H15N3O6. The highest BCUT2D eigenvalue weighted by molar-refractivity contribution is 6.09. The Bertz CT molecular complexity index is 945. The van der Waals surface area contributed by atoms with Crippen molar-refractivity contribution < 1.29 is 24.3 Å². The Labute approximate surface area is 154 Å². The van der Waals surface area contributed by atoms with Gasteiger partial charge in [0.05, 0.1) is 19.1 Å². The highest BCUT2D eigenvalue weighted by Crippen LogP contribution is 2.37. The molecule has 0 bridgehead atoms. The van der Waals surface area contributed by atoms with E-state index < -0.39 is 22.3 Å². The number of carbonyl (C=O) groups excluding carboxylic acids is 1. The van der Waals surface area contributed by atoms with E-state index in [0.29, 0.717) is 11.4 Å². The van der Waals surface area contributed by atoms with E-state index in [9.17, 15) is 25.3 Å². The predicted octanol–water partition coefficient (Wildman–Crippen LogP) is 2.86. The van der Waals surface area contributed by atoms with Gasteiger partial charge in [-0.3, -0.25) is 14.9 Å². The molecule has 2 aromatic rings. The van der Waals surface area contributed by atoms with Gasteiger partial charge in [-0.05, 0) is 42.0 Å². The Morgan fingerprint density at radius 3 is 2.44 bits per heavy atom. The van der Waals surface area contributed by atoms with Crippen molar-refractivity contribution in [3.8, 4) is 23.3 Å². The van der Waals surface area contributed by atoms with E-state index in [0.717, 1.165) is 12.1 Å². The molecule has 138 valence electrons. The molecule has 0 heterocycles. The van der Waals surface area contributed by atoms with Gasteiger partial charge in [0.15, 0.2) is 5.75 Å². The average molecular weight is 369 g/mol. The molecule has 0 aliphatic rings. The number of nitro benzene ring substituents is 1. The molecule has 0 fully saturated rings. The summed E-state index contributed by atoms with van der Waals surface area (Å²) in [6.45, 7) is 0. The zero-order valence-corrected chi connectivity index (χ0v) is 14.4. The lowest BCUT2D eigenvalue weighted by Crippen LogP contribution is -2.13. The van der Waals surface area contributed by atoms with E-state index in [1.807, 2.05) is 0 Å². The molecule has 0 saturated heterocycles.